The molecule has 0 bridgehead atoms. The number of carbonyl (C=O) groups is 2. The predicted octanol–water partition coefficient (Wildman–Crippen LogP) is 4.78. The van der Waals surface area contributed by atoms with Gasteiger partial charge in [0, 0.05) is 24.3 Å². The van der Waals surface area contributed by atoms with Gasteiger partial charge in [-0.25, -0.2) is 9.97 Å². The van der Waals surface area contributed by atoms with Crippen LogP contribution < -0.4 is 21.7 Å². The standard InChI is InChI=1S/C22H30N6O.C10H11NO/c1-27-13-9-17(10-14-27)16-5-7-18(8-6-16)25-22-20(21(23)29)24-15-19(26-22)28-11-3-2-4-12-28;11-10(12)9-5-3-8(4-6-9)7-1-2-7/h5-8,15,17H,2-4,9-14H2,1H3,(H2,23,29)(H,25,26);3-7H,1-2H2,(H2,11,12). The van der Waals surface area contributed by atoms with Crippen LogP contribution in [-0.4, -0.2) is 59.9 Å². The summed E-state index contributed by atoms with van der Waals surface area (Å²) in [7, 11) is 2.18. The third-order valence-corrected chi connectivity index (χ3v) is 8.28. The van der Waals surface area contributed by atoms with Gasteiger partial charge in [0.1, 0.15) is 5.82 Å². The van der Waals surface area contributed by atoms with Crippen LogP contribution in [-0.2, 0) is 0 Å². The lowest BCUT2D eigenvalue weighted by atomic mass is 9.89. The van der Waals surface area contributed by atoms with E-state index in [1.165, 1.54) is 43.2 Å². The maximum absolute atomic E-state index is 11.8. The smallest absolute Gasteiger partial charge is 0.271 e. The highest BCUT2D eigenvalue weighted by molar-refractivity contribution is 5.96. The van der Waals surface area contributed by atoms with Gasteiger partial charge < -0.3 is 26.6 Å². The SMILES string of the molecule is CN1CCC(c2ccc(Nc3nc(N4CCCCC4)cnc3C(N)=O)cc2)CC1.NC(=O)c1ccc(C2CC2)cc1. The molecule has 1 saturated carbocycles. The fraction of sp³-hybridized carbons (Fsp3) is 0.438. The number of likely N-dealkylation sites (tertiary alicyclic amines) is 1. The average Bonchev–Trinajstić information content (AvgIpc) is 3.85. The Morgan fingerprint density at radius 3 is 1.93 bits per heavy atom. The summed E-state index contributed by atoms with van der Waals surface area (Å²) in [6, 6.07) is 16.0. The Bertz CT molecular complexity index is 1330. The van der Waals surface area contributed by atoms with Gasteiger partial charge >= 0.3 is 0 Å². The minimum Gasteiger partial charge on any atom is -0.366 e. The van der Waals surface area contributed by atoms with Gasteiger partial charge in [-0.15, -0.1) is 0 Å². The molecule has 0 spiro atoms. The van der Waals surface area contributed by atoms with Crippen LogP contribution in [0.1, 0.15) is 88.8 Å². The molecule has 3 fully saturated rings. The molecule has 2 aliphatic heterocycles. The second-order valence-corrected chi connectivity index (χ2v) is 11.4. The van der Waals surface area contributed by atoms with Gasteiger partial charge in [-0.1, -0.05) is 24.3 Å². The largest absolute Gasteiger partial charge is 0.366 e. The molecule has 2 amide bonds. The van der Waals surface area contributed by atoms with Crippen LogP contribution in [0.25, 0.3) is 0 Å². The molecule has 2 saturated heterocycles. The molecule has 3 aliphatic rings. The molecule has 9 heteroatoms. The number of anilines is 3. The van der Waals surface area contributed by atoms with Crippen molar-refractivity contribution in [2.45, 2.75) is 56.8 Å². The van der Waals surface area contributed by atoms with Crippen molar-refractivity contribution in [1.82, 2.24) is 14.9 Å². The number of hydrogen-bond donors (Lipinski definition) is 3. The zero-order chi connectivity index (χ0) is 28.8. The number of piperidine rings is 2. The first-order chi connectivity index (χ1) is 19.9. The van der Waals surface area contributed by atoms with Crippen LogP contribution in [0, 0.1) is 0 Å². The number of hydrogen-bond acceptors (Lipinski definition) is 7. The van der Waals surface area contributed by atoms with Gasteiger partial charge in [0.2, 0.25) is 5.91 Å². The molecule has 3 aromatic rings. The molecular formula is C32H41N7O2. The van der Waals surface area contributed by atoms with Crippen LogP contribution in [0.5, 0.6) is 0 Å². The normalized spacial score (nSPS) is 17.8. The Morgan fingerprint density at radius 2 is 1.37 bits per heavy atom. The number of nitrogens with two attached hydrogens (primary N) is 2. The molecular weight excluding hydrogens is 514 g/mol. The first kappa shape index (κ1) is 28.5. The molecule has 216 valence electrons. The Morgan fingerprint density at radius 1 is 0.780 bits per heavy atom. The molecule has 0 atom stereocenters. The summed E-state index contributed by atoms with van der Waals surface area (Å²) in [4.78, 5) is 36.1. The lowest BCUT2D eigenvalue weighted by Gasteiger charge is -2.29. The summed E-state index contributed by atoms with van der Waals surface area (Å²) in [5, 5.41) is 3.26. The second kappa shape index (κ2) is 13.1. The van der Waals surface area contributed by atoms with Gasteiger partial charge in [-0.2, -0.15) is 0 Å². The van der Waals surface area contributed by atoms with E-state index < -0.39 is 5.91 Å². The number of nitrogens with one attached hydrogen (secondary N) is 1. The Balaban J connectivity index is 0.000000234. The minimum atomic E-state index is -0.576. The van der Waals surface area contributed by atoms with E-state index in [1.807, 2.05) is 24.3 Å². The predicted molar refractivity (Wildman–Crippen MR) is 163 cm³/mol. The van der Waals surface area contributed by atoms with Crippen LogP contribution in [0.4, 0.5) is 17.3 Å². The van der Waals surface area contributed by atoms with Gasteiger partial charge in [0.15, 0.2) is 11.5 Å². The molecule has 2 aromatic carbocycles. The Kier molecular flexibility index (Phi) is 9.14. The van der Waals surface area contributed by atoms with Crippen molar-refractivity contribution >= 4 is 29.1 Å². The number of carbonyl (C=O) groups excluding carboxylic acids is 2. The third kappa shape index (κ3) is 7.61. The number of aromatic nitrogens is 2. The lowest BCUT2D eigenvalue weighted by Crippen LogP contribution is -2.31. The monoisotopic (exact) mass is 555 g/mol. The second-order valence-electron chi connectivity index (χ2n) is 11.4. The highest BCUT2D eigenvalue weighted by Crippen LogP contribution is 2.39. The van der Waals surface area contributed by atoms with Crippen molar-refractivity contribution in [2.75, 3.05) is 43.4 Å². The maximum Gasteiger partial charge on any atom is 0.271 e. The van der Waals surface area contributed by atoms with Crippen LogP contribution in [0.3, 0.4) is 0 Å². The van der Waals surface area contributed by atoms with Crippen LogP contribution in [0.2, 0.25) is 0 Å². The molecule has 1 aliphatic carbocycles. The van der Waals surface area contributed by atoms with Crippen molar-refractivity contribution < 1.29 is 9.59 Å². The molecule has 1 aromatic heterocycles. The van der Waals surface area contributed by atoms with Gasteiger partial charge in [0.25, 0.3) is 5.91 Å². The highest BCUT2D eigenvalue weighted by Gasteiger charge is 2.23. The van der Waals surface area contributed by atoms with E-state index in [0.717, 1.165) is 56.4 Å². The minimum absolute atomic E-state index is 0.171. The highest BCUT2D eigenvalue weighted by atomic mass is 16.1. The van der Waals surface area contributed by atoms with Crippen molar-refractivity contribution in [1.29, 1.82) is 0 Å². The van der Waals surface area contributed by atoms with Crippen molar-refractivity contribution in [3.8, 4) is 0 Å². The van der Waals surface area contributed by atoms with Gasteiger partial charge in [-0.05, 0) is 112 Å². The first-order valence-electron chi connectivity index (χ1n) is 14.7. The quantitative estimate of drug-likeness (QED) is 0.382. The summed E-state index contributed by atoms with van der Waals surface area (Å²) >= 11 is 0. The summed E-state index contributed by atoms with van der Waals surface area (Å²) < 4.78 is 0. The van der Waals surface area contributed by atoms with E-state index in [0.29, 0.717) is 17.3 Å². The number of benzene rings is 2. The fourth-order valence-corrected chi connectivity index (χ4v) is 5.58. The molecule has 3 heterocycles. The van der Waals surface area contributed by atoms with E-state index in [9.17, 15) is 9.59 Å². The van der Waals surface area contributed by atoms with Gasteiger partial charge in [-0.3, -0.25) is 9.59 Å². The number of amides is 2. The van der Waals surface area contributed by atoms with Crippen molar-refractivity contribution in [3.05, 3.63) is 77.1 Å². The number of nitrogens with zero attached hydrogens (tertiary/aromatic N) is 4. The zero-order valence-corrected chi connectivity index (χ0v) is 23.9. The number of rotatable bonds is 7. The summed E-state index contributed by atoms with van der Waals surface area (Å²) in [6.45, 7) is 4.22. The molecule has 9 nitrogen and oxygen atoms in total. The summed E-state index contributed by atoms with van der Waals surface area (Å²) in [5.74, 6) is 1.65. The van der Waals surface area contributed by atoms with Crippen LogP contribution >= 0.6 is 0 Å². The molecule has 0 unspecified atom stereocenters. The van der Waals surface area contributed by atoms with Crippen molar-refractivity contribution in [2.24, 2.45) is 11.5 Å². The Hall–Kier alpha value is -3.98. The molecule has 41 heavy (non-hydrogen) atoms. The van der Waals surface area contributed by atoms with Crippen LogP contribution in [0.15, 0.2) is 54.7 Å². The zero-order valence-electron chi connectivity index (χ0n) is 23.9. The van der Waals surface area contributed by atoms with E-state index in [4.69, 9.17) is 11.5 Å². The van der Waals surface area contributed by atoms with E-state index in [2.05, 4.69) is 44.3 Å². The molecule has 5 N–H and O–H groups in total. The lowest BCUT2D eigenvalue weighted by molar-refractivity contribution is 0.0989. The maximum atomic E-state index is 11.8. The average molecular weight is 556 g/mol. The topological polar surface area (TPSA) is 130 Å². The summed E-state index contributed by atoms with van der Waals surface area (Å²) in [6.07, 6.45) is 10.2. The van der Waals surface area contributed by atoms with Gasteiger partial charge in [0.05, 0.1) is 6.20 Å². The van der Waals surface area contributed by atoms with Crippen molar-refractivity contribution in [3.63, 3.8) is 0 Å². The van der Waals surface area contributed by atoms with E-state index in [1.54, 1.807) is 18.3 Å². The molecule has 0 radical (unpaired) electrons. The molecule has 6 rings (SSSR count). The third-order valence-electron chi connectivity index (χ3n) is 8.28. The Labute approximate surface area is 242 Å². The summed E-state index contributed by atoms with van der Waals surface area (Å²) in [5.41, 5.74) is 15.0. The fourth-order valence-electron chi connectivity index (χ4n) is 5.58. The number of primary amides is 2. The van der Waals surface area contributed by atoms with E-state index >= 15 is 0 Å². The first-order valence-corrected chi connectivity index (χ1v) is 14.7. The van der Waals surface area contributed by atoms with E-state index in [-0.39, 0.29) is 11.6 Å².